The van der Waals surface area contributed by atoms with Crippen molar-refractivity contribution in [3.8, 4) is 0 Å². The normalized spacial score (nSPS) is 21.4. The second-order valence-electron chi connectivity index (χ2n) is 5.56. The van der Waals surface area contributed by atoms with Crippen molar-refractivity contribution in [2.75, 3.05) is 26.2 Å². The van der Waals surface area contributed by atoms with E-state index in [0.29, 0.717) is 11.0 Å². The van der Waals surface area contributed by atoms with Gasteiger partial charge in [-0.15, -0.1) is 0 Å². The molecule has 1 heterocycles. The molecule has 0 saturated carbocycles. The van der Waals surface area contributed by atoms with Crippen LogP contribution in [0.4, 0.5) is 4.39 Å². The first-order valence-electron chi connectivity index (χ1n) is 7.66. The van der Waals surface area contributed by atoms with E-state index >= 15 is 0 Å². The first kappa shape index (κ1) is 16.9. The monoisotopic (exact) mass is 358 g/mol. The number of piperidine rings is 1. The van der Waals surface area contributed by atoms with Crippen LogP contribution in [-0.4, -0.2) is 37.2 Å². The van der Waals surface area contributed by atoms with Crippen LogP contribution in [0.2, 0.25) is 0 Å². The molecule has 3 nitrogen and oxygen atoms in total. The Morgan fingerprint density at radius 1 is 1.52 bits per heavy atom. The van der Waals surface area contributed by atoms with Gasteiger partial charge in [0.2, 0.25) is 0 Å². The molecule has 2 N–H and O–H groups in total. The lowest BCUT2D eigenvalue weighted by atomic mass is 10.0. The van der Waals surface area contributed by atoms with E-state index in [-0.39, 0.29) is 18.0 Å². The maximum Gasteiger partial charge on any atom is 0.137 e. The average molecular weight is 359 g/mol. The molecule has 118 valence electrons. The Morgan fingerprint density at radius 3 is 3.00 bits per heavy atom. The molecule has 1 aromatic carbocycles. The molecule has 0 amide bonds. The van der Waals surface area contributed by atoms with Gasteiger partial charge >= 0.3 is 0 Å². The third-order valence-electron chi connectivity index (χ3n) is 3.96. The molecule has 1 fully saturated rings. The lowest BCUT2D eigenvalue weighted by Crippen LogP contribution is -2.44. The molecule has 0 aliphatic carbocycles. The summed E-state index contributed by atoms with van der Waals surface area (Å²) >= 11 is 3.25. The van der Waals surface area contributed by atoms with Crippen molar-refractivity contribution in [3.63, 3.8) is 0 Å². The number of ether oxygens (including phenoxy) is 1. The maximum absolute atomic E-state index is 13.4. The Kier molecular flexibility index (Phi) is 6.61. The highest BCUT2D eigenvalue weighted by molar-refractivity contribution is 9.10. The van der Waals surface area contributed by atoms with E-state index < -0.39 is 0 Å². The minimum absolute atomic E-state index is 0.120. The zero-order valence-corrected chi connectivity index (χ0v) is 14.1. The van der Waals surface area contributed by atoms with Gasteiger partial charge in [-0.1, -0.05) is 13.0 Å². The highest BCUT2D eigenvalue weighted by Gasteiger charge is 2.26. The molecule has 0 aromatic heterocycles. The van der Waals surface area contributed by atoms with E-state index in [1.807, 2.05) is 12.1 Å². The average Bonchev–Trinajstić information content (AvgIpc) is 2.50. The largest absolute Gasteiger partial charge is 0.377 e. The summed E-state index contributed by atoms with van der Waals surface area (Å²) in [6.45, 7) is 5.38. The zero-order chi connectivity index (χ0) is 15.2. The van der Waals surface area contributed by atoms with Crippen LogP contribution < -0.4 is 5.73 Å². The molecule has 1 aromatic rings. The van der Waals surface area contributed by atoms with E-state index in [1.54, 1.807) is 0 Å². The lowest BCUT2D eigenvalue weighted by Gasteiger charge is -2.38. The zero-order valence-electron chi connectivity index (χ0n) is 12.5. The van der Waals surface area contributed by atoms with Gasteiger partial charge in [-0.3, -0.25) is 4.90 Å². The van der Waals surface area contributed by atoms with Gasteiger partial charge in [0.25, 0.3) is 0 Å². The van der Waals surface area contributed by atoms with E-state index in [4.69, 9.17) is 10.5 Å². The van der Waals surface area contributed by atoms with E-state index in [9.17, 15) is 4.39 Å². The Balaban J connectivity index is 2.07. The third-order valence-corrected chi connectivity index (χ3v) is 4.57. The molecule has 2 atom stereocenters. The highest BCUT2D eigenvalue weighted by atomic mass is 79.9. The first-order valence-corrected chi connectivity index (χ1v) is 8.45. The number of nitrogens with zero attached hydrogens (tertiary/aromatic N) is 1. The van der Waals surface area contributed by atoms with Gasteiger partial charge in [0.05, 0.1) is 10.6 Å². The number of hydrogen-bond acceptors (Lipinski definition) is 3. The highest BCUT2D eigenvalue weighted by Crippen LogP contribution is 2.28. The summed E-state index contributed by atoms with van der Waals surface area (Å²) in [7, 11) is 0. The first-order chi connectivity index (χ1) is 10.2. The molecule has 2 unspecified atom stereocenters. The van der Waals surface area contributed by atoms with Crippen molar-refractivity contribution in [2.45, 2.75) is 38.3 Å². The quantitative estimate of drug-likeness (QED) is 0.845. The summed E-state index contributed by atoms with van der Waals surface area (Å²) in [5.41, 5.74) is 7.04. The Bertz CT molecular complexity index is 458. The standard InChI is InChI=1S/C16H24BrFN2O/c1-2-8-21-13-4-3-7-20(11-13)16(10-19)12-5-6-15(18)14(17)9-12/h5-6,9,13,16H,2-4,7-8,10-11,19H2,1H3. The summed E-state index contributed by atoms with van der Waals surface area (Å²) < 4.78 is 19.8. The van der Waals surface area contributed by atoms with Crippen LogP contribution in [0.15, 0.2) is 22.7 Å². The van der Waals surface area contributed by atoms with Crippen molar-refractivity contribution in [2.24, 2.45) is 5.73 Å². The molecule has 2 rings (SSSR count). The number of halogens is 2. The number of benzene rings is 1. The molecule has 0 bridgehead atoms. The summed E-state index contributed by atoms with van der Waals surface area (Å²) in [6.07, 6.45) is 3.56. The summed E-state index contributed by atoms with van der Waals surface area (Å²) in [4.78, 5) is 2.36. The van der Waals surface area contributed by atoms with Crippen LogP contribution in [0.3, 0.4) is 0 Å². The number of rotatable bonds is 6. The van der Waals surface area contributed by atoms with E-state index in [2.05, 4.69) is 27.8 Å². The molecule has 0 spiro atoms. The molecule has 21 heavy (non-hydrogen) atoms. The predicted molar refractivity (Wildman–Crippen MR) is 86.7 cm³/mol. The second kappa shape index (κ2) is 8.22. The van der Waals surface area contributed by atoms with Gasteiger partial charge in [0.1, 0.15) is 5.82 Å². The summed E-state index contributed by atoms with van der Waals surface area (Å²) in [5, 5.41) is 0. The van der Waals surface area contributed by atoms with Crippen molar-refractivity contribution in [1.82, 2.24) is 4.90 Å². The summed E-state index contributed by atoms with van der Waals surface area (Å²) in [5.74, 6) is -0.239. The minimum atomic E-state index is -0.239. The second-order valence-corrected chi connectivity index (χ2v) is 6.41. The van der Waals surface area contributed by atoms with Crippen LogP contribution in [0.1, 0.15) is 37.8 Å². The fraction of sp³-hybridized carbons (Fsp3) is 0.625. The van der Waals surface area contributed by atoms with Gasteiger partial charge in [-0.05, 0) is 59.4 Å². The molecule has 1 saturated heterocycles. The Labute approximate surface area is 134 Å². The third kappa shape index (κ3) is 4.49. The molecule has 1 aliphatic rings. The summed E-state index contributed by atoms with van der Waals surface area (Å²) in [6, 6.07) is 5.28. The van der Waals surface area contributed by atoms with Crippen molar-refractivity contribution in [3.05, 3.63) is 34.1 Å². The Morgan fingerprint density at radius 2 is 2.33 bits per heavy atom. The fourth-order valence-corrected chi connectivity index (χ4v) is 3.28. The van der Waals surface area contributed by atoms with Crippen molar-refractivity contribution < 1.29 is 9.13 Å². The lowest BCUT2D eigenvalue weighted by molar-refractivity contribution is -0.0118. The van der Waals surface area contributed by atoms with Crippen LogP contribution in [0, 0.1) is 5.82 Å². The minimum Gasteiger partial charge on any atom is -0.377 e. The van der Waals surface area contributed by atoms with E-state index in [1.165, 1.54) is 6.07 Å². The topological polar surface area (TPSA) is 38.5 Å². The number of nitrogens with two attached hydrogens (primary N) is 1. The van der Waals surface area contributed by atoms with Gasteiger partial charge in [-0.25, -0.2) is 4.39 Å². The predicted octanol–water partition coefficient (Wildman–Crippen LogP) is 3.48. The fourth-order valence-electron chi connectivity index (χ4n) is 2.89. The smallest absolute Gasteiger partial charge is 0.137 e. The van der Waals surface area contributed by atoms with Gasteiger partial charge in [0.15, 0.2) is 0 Å². The molecular formula is C16H24BrFN2O. The van der Waals surface area contributed by atoms with Gasteiger partial charge in [0, 0.05) is 25.7 Å². The van der Waals surface area contributed by atoms with Crippen LogP contribution in [0.25, 0.3) is 0 Å². The molecule has 5 heteroatoms. The molecule has 0 radical (unpaired) electrons. The SMILES string of the molecule is CCCOC1CCCN(C(CN)c2ccc(F)c(Br)c2)C1. The number of hydrogen-bond donors (Lipinski definition) is 1. The molecular weight excluding hydrogens is 335 g/mol. The number of likely N-dealkylation sites (tertiary alicyclic amines) is 1. The van der Waals surface area contributed by atoms with Gasteiger partial charge in [-0.2, -0.15) is 0 Å². The van der Waals surface area contributed by atoms with Crippen LogP contribution in [0.5, 0.6) is 0 Å². The maximum atomic E-state index is 13.4. The van der Waals surface area contributed by atoms with E-state index in [0.717, 1.165) is 44.5 Å². The van der Waals surface area contributed by atoms with Crippen molar-refractivity contribution >= 4 is 15.9 Å². The van der Waals surface area contributed by atoms with Crippen molar-refractivity contribution in [1.29, 1.82) is 0 Å². The van der Waals surface area contributed by atoms with Crippen LogP contribution in [-0.2, 0) is 4.74 Å². The van der Waals surface area contributed by atoms with Crippen LogP contribution >= 0.6 is 15.9 Å². The Hall–Kier alpha value is -0.490. The van der Waals surface area contributed by atoms with Gasteiger partial charge < -0.3 is 10.5 Å². The molecule has 1 aliphatic heterocycles.